The standard InChI is InChI=1S/C13H22N4O2/c1-3-16(4-2)9-5-8-15-11-6-7-13(17(18)19)12(14)10-11/h6-7,10,15H,3-5,8-9,14H2,1-2H3. The van der Waals surface area contributed by atoms with Crippen LogP contribution >= 0.6 is 0 Å². The zero-order valence-corrected chi connectivity index (χ0v) is 11.6. The monoisotopic (exact) mass is 266 g/mol. The molecule has 106 valence electrons. The van der Waals surface area contributed by atoms with Crippen LogP contribution in [0.5, 0.6) is 0 Å². The highest BCUT2D eigenvalue weighted by molar-refractivity contribution is 5.65. The molecule has 0 amide bonds. The Morgan fingerprint density at radius 2 is 2.05 bits per heavy atom. The van der Waals surface area contributed by atoms with Crippen molar-refractivity contribution in [3.05, 3.63) is 28.3 Å². The van der Waals surface area contributed by atoms with Gasteiger partial charge in [0.1, 0.15) is 5.69 Å². The Kier molecular flexibility index (Phi) is 6.08. The number of benzene rings is 1. The molecule has 19 heavy (non-hydrogen) atoms. The zero-order valence-electron chi connectivity index (χ0n) is 11.6. The summed E-state index contributed by atoms with van der Waals surface area (Å²) in [6.45, 7) is 8.28. The molecule has 0 aromatic heterocycles. The van der Waals surface area contributed by atoms with Gasteiger partial charge in [-0.15, -0.1) is 0 Å². The molecule has 3 N–H and O–H groups in total. The van der Waals surface area contributed by atoms with Crippen molar-refractivity contribution in [2.75, 3.05) is 37.2 Å². The van der Waals surface area contributed by atoms with Gasteiger partial charge in [-0.2, -0.15) is 0 Å². The topological polar surface area (TPSA) is 84.4 Å². The zero-order chi connectivity index (χ0) is 14.3. The second-order valence-corrected chi connectivity index (χ2v) is 4.34. The summed E-state index contributed by atoms with van der Waals surface area (Å²) < 4.78 is 0. The summed E-state index contributed by atoms with van der Waals surface area (Å²) in [5.41, 5.74) is 6.60. The fraction of sp³-hybridized carbons (Fsp3) is 0.538. The molecule has 0 radical (unpaired) electrons. The summed E-state index contributed by atoms with van der Waals surface area (Å²) in [7, 11) is 0. The van der Waals surface area contributed by atoms with E-state index in [9.17, 15) is 10.1 Å². The maximum atomic E-state index is 10.6. The van der Waals surface area contributed by atoms with E-state index in [1.165, 1.54) is 6.07 Å². The smallest absolute Gasteiger partial charge is 0.292 e. The lowest BCUT2D eigenvalue weighted by Crippen LogP contribution is -2.25. The van der Waals surface area contributed by atoms with Gasteiger partial charge in [0.2, 0.25) is 0 Å². The lowest BCUT2D eigenvalue weighted by atomic mass is 10.2. The molecule has 0 spiro atoms. The number of hydrogen-bond acceptors (Lipinski definition) is 5. The van der Waals surface area contributed by atoms with Gasteiger partial charge >= 0.3 is 0 Å². The van der Waals surface area contributed by atoms with Crippen LogP contribution in [0.3, 0.4) is 0 Å². The second-order valence-electron chi connectivity index (χ2n) is 4.34. The lowest BCUT2D eigenvalue weighted by Gasteiger charge is -2.17. The van der Waals surface area contributed by atoms with Crippen molar-refractivity contribution < 1.29 is 4.92 Å². The van der Waals surface area contributed by atoms with Crippen molar-refractivity contribution in [3.63, 3.8) is 0 Å². The summed E-state index contributed by atoms with van der Waals surface area (Å²) in [5.74, 6) is 0. The van der Waals surface area contributed by atoms with Crippen LogP contribution in [-0.4, -0.2) is 36.0 Å². The number of hydrogen-bond donors (Lipinski definition) is 2. The minimum absolute atomic E-state index is 0.0475. The van der Waals surface area contributed by atoms with Crippen LogP contribution in [0.15, 0.2) is 18.2 Å². The number of rotatable bonds is 8. The van der Waals surface area contributed by atoms with E-state index in [1.807, 2.05) is 0 Å². The molecule has 1 rings (SSSR count). The third kappa shape index (κ3) is 4.75. The predicted molar refractivity (Wildman–Crippen MR) is 78.4 cm³/mol. The van der Waals surface area contributed by atoms with E-state index in [0.29, 0.717) is 0 Å². The van der Waals surface area contributed by atoms with Crippen LogP contribution in [0.1, 0.15) is 20.3 Å². The quantitative estimate of drug-likeness (QED) is 0.326. The van der Waals surface area contributed by atoms with Crippen LogP contribution in [0.4, 0.5) is 17.1 Å². The Bertz CT molecular complexity index is 419. The van der Waals surface area contributed by atoms with Crippen molar-refractivity contribution in [1.82, 2.24) is 4.90 Å². The molecular formula is C13H22N4O2. The molecule has 0 aliphatic carbocycles. The number of anilines is 2. The van der Waals surface area contributed by atoms with E-state index in [-0.39, 0.29) is 11.4 Å². The molecule has 6 nitrogen and oxygen atoms in total. The van der Waals surface area contributed by atoms with Gasteiger partial charge in [-0.3, -0.25) is 10.1 Å². The Balaban J connectivity index is 2.42. The Hall–Kier alpha value is -1.82. The molecule has 0 aliphatic heterocycles. The molecule has 0 bridgehead atoms. The van der Waals surface area contributed by atoms with Crippen molar-refractivity contribution in [3.8, 4) is 0 Å². The third-order valence-electron chi connectivity index (χ3n) is 3.10. The normalized spacial score (nSPS) is 10.7. The first-order chi connectivity index (χ1) is 9.08. The molecule has 0 atom stereocenters. The maximum absolute atomic E-state index is 10.6. The highest BCUT2D eigenvalue weighted by atomic mass is 16.6. The molecule has 0 fully saturated rings. The molecule has 0 unspecified atom stereocenters. The van der Waals surface area contributed by atoms with Crippen LogP contribution in [-0.2, 0) is 0 Å². The number of nitrogens with two attached hydrogens (primary N) is 1. The molecule has 0 saturated carbocycles. The number of nitrogens with one attached hydrogen (secondary N) is 1. The number of nitrogen functional groups attached to an aromatic ring is 1. The molecule has 1 aromatic rings. The van der Waals surface area contributed by atoms with Gasteiger partial charge in [0.25, 0.3) is 5.69 Å². The Labute approximate surface area is 113 Å². The molecule has 6 heteroatoms. The SMILES string of the molecule is CCN(CC)CCCNc1ccc([N+](=O)[O-])c(N)c1. The number of nitro benzene ring substituents is 1. The van der Waals surface area contributed by atoms with E-state index < -0.39 is 4.92 Å². The highest BCUT2D eigenvalue weighted by Crippen LogP contribution is 2.24. The average molecular weight is 266 g/mol. The Morgan fingerprint density at radius 1 is 1.37 bits per heavy atom. The summed E-state index contributed by atoms with van der Waals surface area (Å²) in [5, 5.41) is 13.9. The molecule has 0 aliphatic rings. The average Bonchev–Trinajstić information content (AvgIpc) is 2.38. The second kappa shape index (κ2) is 7.58. The fourth-order valence-electron chi connectivity index (χ4n) is 1.91. The largest absolute Gasteiger partial charge is 0.393 e. The minimum atomic E-state index is -0.473. The molecule has 0 heterocycles. The van der Waals surface area contributed by atoms with Crippen molar-refractivity contribution in [2.45, 2.75) is 20.3 Å². The van der Waals surface area contributed by atoms with Crippen LogP contribution in [0, 0.1) is 10.1 Å². The third-order valence-corrected chi connectivity index (χ3v) is 3.10. The van der Waals surface area contributed by atoms with Crippen LogP contribution in [0.25, 0.3) is 0 Å². The summed E-state index contributed by atoms with van der Waals surface area (Å²) in [4.78, 5) is 12.5. The van der Waals surface area contributed by atoms with Crippen molar-refractivity contribution >= 4 is 17.1 Å². The maximum Gasteiger partial charge on any atom is 0.292 e. The lowest BCUT2D eigenvalue weighted by molar-refractivity contribution is -0.383. The first kappa shape index (κ1) is 15.2. The van der Waals surface area contributed by atoms with Gasteiger partial charge in [0, 0.05) is 18.3 Å². The number of nitro groups is 1. The van der Waals surface area contributed by atoms with E-state index in [0.717, 1.165) is 38.3 Å². The molecule has 0 saturated heterocycles. The summed E-state index contributed by atoms with van der Waals surface area (Å²) >= 11 is 0. The van der Waals surface area contributed by atoms with E-state index in [1.54, 1.807) is 12.1 Å². The highest BCUT2D eigenvalue weighted by Gasteiger charge is 2.10. The van der Waals surface area contributed by atoms with Gasteiger partial charge < -0.3 is 16.0 Å². The van der Waals surface area contributed by atoms with Gasteiger partial charge in [0.15, 0.2) is 0 Å². The summed E-state index contributed by atoms with van der Waals surface area (Å²) in [6.07, 6.45) is 1.03. The van der Waals surface area contributed by atoms with Gasteiger partial charge in [-0.05, 0) is 38.2 Å². The molecular weight excluding hydrogens is 244 g/mol. The van der Waals surface area contributed by atoms with E-state index in [4.69, 9.17) is 5.73 Å². The summed E-state index contributed by atoms with van der Waals surface area (Å²) in [6, 6.07) is 4.73. The Morgan fingerprint density at radius 3 is 2.58 bits per heavy atom. The predicted octanol–water partition coefficient (Wildman–Crippen LogP) is 2.32. The fourth-order valence-corrected chi connectivity index (χ4v) is 1.91. The van der Waals surface area contributed by atoms with Crippen molar-refractivity contribution in [2.24, 2.45) is 0 Å². The minimum Gasteiger partial charge on any atom is -0.393 e. The van der Waals surface area contributed by atoms with Crippen LogP contribution < -0.4 is 11.1 Å². The van der Waals surface area contributed by atoms with E-state index in [2.05, 4.69) is 24.1 Å². The van der Waals surface area contributed by atoms with Gasteiger partial charge in [-0.25, -0.2) is 0 Å². The van der Waals surface area contributed by atoms with Gasteiger partial charge in [0.05, 0.1) is 4.92 Å². The number of nitrogens with zero attached hydrogens (tertiary/aromatic N) is 2. The van der Waals surface area contributed by atoms with Crippen molar-refractivity contribution in [1.29, 1.82) is 0 Å². The molecule has 1 aromatic carbocycles. The first-order valence-corrected chi connectivity index (χ1v) is 6.58. The van der Waals surface area contributed by atoms with Gasteiger partial charge in [-0.1, -0.05) is 13.8 Å². The van der Waals surface area contributed by atoms with E-state index >= 15 is 0 Å². The first-order valence-electron chi connectivity index (χ1n) is 6.58. The van der Waals surface area contributed by atoms with Crippen LogP contribution in [0.2, 0.25) is 0 Å².